The van der Waals surface area contributed by atoms with Crippen molar-refractivity contribution in [3.05, 3.63) is 26.7 Å². The molecule has 6 heteroatoms. The number of fused-ring (bicyclic) bond motifs is 1. The van der Waals surface area contributed by atoms with Gasteiger partial charge in [-0.25, -0.2) is 9.78 Å². The topological polar surface area (TPSA) is 61.8 Å². The molecule has 19 heavy (non-hydrogen) atoms. The van der Waals surface area contributed by atoms with Crippen LogP contribution in [-0.2, 0) is 27.1 Å². The summed E-state index contributed by atoms with van der Waals surface area (Å²) < 4.78 is 4.55. The Morgan fingerprint density at radius 1 is 1.11 bits per heavy atom. The van der Waals surface area contributed by atoms with Gasteiger partial charge < -0.3 is 4.57 Å². The number of unbranched alkanes of at least 4 members (excludes halogenated alkanes) is 1. The van der Waals surface area contributed by atoms with Crippen molar-refractivity contribution >= 4 is 11.2 Å². The lowest BCUT2D eigenvalue weighted by Crippen LogP contribution is -2.37. The minimum Gasteiger partial charge on any atom is -0.322 e. The van der Waals surface area contributed by atoms with E-state index >= 15 is 0 Å². The van der Waals surface area contributed by atoms with Crippen molar-refractivity contribution in [1.82, 2.24) is 18.7 Å². The Kier molecular flexibility index (Phi) is 3.59. The van der Waals surface area contributed by atoms with Crippen LogP contribution in [0.1, 0.15) is 32.5 Å². The third kappa shape index (κ3) is 2.01. The number of nitrogens with zero attached hydrogens (tertiary/aromatic N) is 4. The van der Waals surface area contributed by atoms with Crippen molar-refractivity contribution in [3.8, 4) is 0 Å². The van der Waals surface area contributed by atoms with Gasteiger partial charge in [-0.15, -0.1) is 0 Å². The molecule has 0 fully saturated rings. The van der Waals surface area contributed by atoms with Crippen LogP contribution in [0.25, 0.3) is 11.2 Å². The van der Waals surface area contributed by atoms with Crippen LogP contribution >= 0.6 is 0 Å². The average molecular weight is 264 g/mol. The lowest BCUT2D eigenvalue weighted by Gasteiger charge is -2.07. The zero-order valence-electron chi connectivity index (χ0n) is 11.9. The second-order valence-corrected chi connectivity index (χ2v) is 4.76. The maximum absolute atomic E-state index is 12.3. The highest BCUT2D eigenvalue weighted by atomic mass is 16.2. The largest absolute Gasteiger partial charge is 0.332 e. The second kappa shape index (κ2) is 5.03. The van der Waals surface area contributed by atoms with Gasteiger partial charge in [-0.2, -0.15) is 0 Å². The predicted octanol–water partition coefficient (Wildman–Crippen LogP) is 0.796. The summed E-state index contributed by atoms with van der Waals surface area (Å²) in [6.07, 6.45) is 2.79. The fraction of sp³-hybridized carbons (Fsp3) is 0.615. The van der Waals surface area contributed by atoms with Gasteiger partial charge in [0, 0.05) is 27.1 Å². The van der Waals surface area contributed by atoms with Crippen LogP contribution in [-0.4, -0.2) is 18.7 Å². The van der Waals surface area contributed by atoms with Crippen LogP contribution in [0.4, 0.5) is 0 Å². The summed E-state index contributed by atoms with van der Waals surface area (Å²) in [6.45, 7) is 4.88. The molecule has 0 radical (unpaired) electrons. The summed E-state index contributed by atoms with van der Waals surface area (Å²) in [5.74, 6) is 0.863. The molecule has 0 aliphatic heterocycles. The molecule has 0 aromatic carbocycles. The molecule has 2 rings (SSSR count). The van der Waals surface area contributed by atoms with Gasteiger partial charge in [0.15, 0.2) is 11.2 Å². The summed E-state index contributed by atoms with van der Waals surface area (Å²) in [6, 6.07) is 0. The van der Waals surface area contributed by atoms with Gasteiger partial charge in [-0.05, 0) is 6.42 Å². The van der Waals surface area contributed by atoms with E-state index in [9.17, 15) is 9.59 Å². The normalized spacial score (nSPS) is 11.4. The van der Waals surface area contributed by atoms with Gasteiger partial charge >= 0.3 is 5.69 Å². The lowest BCUT2D eigenvalue weighted by atomic mass is 10.3. The highest BCUT2D eigenvalue weighted by Gasteiger charge is 2.17. The summed E-state index contributed by atoms with van der Waals surface area (Å²) in [5.41, 5.74) is 0.428. The molecular formula is C13H20N4O2. The van der Waals surface area contributed by atoms with E-state index in [1.807, 2.05) is 11.5 Å². The van der Waals surface area contributed by atoms with Gasteiger partial charge in [0.25, 0.3) is 5.56 Å². The maximum atomic E-state index is 12.3. The van der Waals surface area contributed by atoms with Crippen molar-refractivity contribution in [2.45, 2.75) is 39.7 Å². The van der Waals surface area contributed by atoms with Crippen LogP contribution < -0.4 is 11.2 Å². The van der Waals surface area contributed by atoms with E-state index in [1.165, 1.54) is 11.6 Å². The minimum absolute atomic E-state index is 0.263. The van der Waals surface area contributed by atoms with Crippen molar-refractivity contribution in [2.75, 3.05) is 0 Å². The molecule has 6 nitrogen and oxygen atoms in total. The number of imidazole rings is 1. The number of hydrogen-bond acceptors (Lipinski definition) is 3. The number of aryl methyl sites for hydroxylation is 3. The van der Waals surface area contributed by atoms with E-state index in [2.05, 4.69) is 11.9 Å². The Balaban J connectivity index is 2.87. The maximum Gasteiger partial charge on any atom is 0.332 e. The van der Waals surface area contributed by atoms with Crippen LogP contribution in [0, 0.1) is 0 Å². The molecule has 2 aromatic heterocycles. The third-order valence-corrected chi connectivity index (χ3v) is 3.48. The molecule has 0 amide bonds. The van der Waals surface area contributed by atoms with Gasteiger partial charge in [0.2, 0.25) is 0 Å². The van der Waals surface area contributed by atoms with Crippen molar-refractivity contribution in [2.24, 2.45) is 14.1 Å². The Morgan fingerprint density at radius 3 is 2.37 bits per heavy atom. The summed E-state index contributed by atoms with van der Waals surface area (Å²) in [4.78, 5) is 28.7. The number of aromatic nitrogens is 4. The summed E-state index contributed by atoms with van der Waals surface area (Å²) >= 11 is 0. The predicted molar refractivity (Wildman–Crippen MR) is 74.5 cm³/mol. The monoisotopic (exact) mass is 264 g/mol. The SMILES string of the molecule is CCCCn1c(CC)nc2c1c(=O)n(C)c(=O)n2C. The molecule has 0 saturated carbocycles. The molecule has 2 aromatic rings. The standard InChI is InChI=1S/C13H20N4O2/c1-5-7-8-17-9(6-2)14-11-10(17)12(18)16(4)13(19)15(11)3/h5-8H2,1-4H3. The molecule has 0 unspecified atom stereocenters. The van der Waals surface area contributed by atoms with Crippen LogP contribution in [0.3, 0.4) is 0 Å². The molecule has 0 atom stereocenters. The molecule has 104 valence electrons. The zero-order chi connectivity index (χ0) is 14.2. The van der Waals surface area contributed by atoms with E-state index in [4.69, 9.17) is 0 Å². The second-order valence-electron chi connectivity index (χ2n) is 4.76. The molecular weight excluding hydrogens is 244 g/mol. The number of rotatable bonds is 4. The molecule has 0 aliphatic rings. The molecule has 0 N–H and O–H groups in total. The van der Waals surface area contributed by atoms with Gasteiger partial charge in [-0.3, -0.25) is 13.9 Å². The van der Waals surface area contributed by atoms with E-state index in [-0.39, 0.29) is 11.2 Å². The first-order valence-corrected chi connectivity index (χ1v) is 6.68. The average Bonchev–Trinajstić information content (AvgIpc) is 2.79. The smallest absolute Gasteiger partial charge is 0.322 e. The van der Waals surface area contributed by atoms with E-state index in [0.717, 1.165) is 36.2 Å². The molecule has 0 spiro atoms. The van der Waals surface area contributed by atoms with Gasteiger partial charge in [-0.1, -0.05) is 20.3 Å². The molecule has 2 heterocycles. The van der Waals surface area contributed by atoms with Gasteiger partial charge in [0.1, 0.15) is 5.82 Å². The Hall–Kier alpha value is -1.85. The lowest BCUT2D eigenvalue weighted by molar-refractivity contribution is 0.615. The van der Waals surface area contributed by atoms with Gasteiger partial charge in [0.05, 0.1) is 0 Å². The van der Waals surface area contributed by atoms with Crippen LogP contribution in [0.15, 0.2) is 9.59 Å². The Labute approximate surface area is 111 Å². The Bertz CT molecular complexity index is 721. The first-order valence-electron chi connectivity index (χ1n) is 6.68. The molecule has 0 bridgehead atoms. The van der Waals surface area contributed by atoms with Crippen molar-refractivity contribution in [1.29, 1.82) is 0 Å². The fourth-order valence-corrected chi connectivity index (χ4v) is 2.32. The highest BCUT2D eigenvalue weighted by molar-refractivity contribution is 5.71. The van der Waals surface area contributed by atoms with Crippen molar-refractivity contribution in [3.63, 3.8) is 0 Å². The van der Waals surface area contributed by atoms with E-state index in [1.54, 1.807) is 7.05 Å². The quantitative estimate of drug-likeness (QED) is 0.820. The highest BCUT2D eigenvalue weighted by Crippen LogP contribution is 2.12. The summed E-state index contributed by atoms with van der Waals surface area (Å²) in [7, 11) is 3.16. The Morgan fingerprint density at radius 2 is 1.79 bits per heavy atom. The van der Waals surface area contributed by atoms with E-state index in [0.29, 0.717) is 11.2 Å². The summed E-state index contributed by atoms with van der Waals surface area (Å²) in [5, 5.41) is 0. The number of hydrogen-bond donors (Lipinski definition) is 0. The van der Waals surface area contributed by atoms with Crippen molar-refractivity contribution < 1.29 is 0 Å². The first-order chi connectivity index (χ1) is 9.02. The zero-order valence-corrected chi connectivity index (χ0v) is 11.9. The molecule has 0 saturated heterocycles. The van der Waals surface area contributed by atoms with Crippen LogP contribution in [0.5, 0.6) is 0 Å². The van der Waals surface area contributed by atoms with Crippen LogP contribution in [0.2, 0.25) is 0 Å². The minimum atomic E-state index is -0.333. The third-order valence-electron chi connectivity index (χ3n) is 3.48. The van der Waals surface area contributed by atoms with E-state index < -0.39 is 0 Å². The molecule has 0 aliphatic carbocycles. The fourth-order valence-electron chi connectivity index (χ4n) is 2.32. The first kappa shape index (κ1) is 13.6.